The van der Waals surface area contributed by atoms with Crippen LogP contribution in [0.5, 0.6) is 0 Å². The summed E-state index contributed by atoms with van der Waals surface area (Å²) in [6.45, 7) is 4.16. The molecule has 4 heteroatoms. The monoisotopic (exact) mass is 331 g/mol. The molecule has 0 saturated carbocycles. The smallest absolute Gasteiger partial charge is 0.261 e. The lowest BCUT2D eigenvalue weighted by atomic mass is 10.1. The lowest BCUT2D eigenvalue weighted by Crippen LogP contribution is -2.13. The molecule has 0 radical (unpaired) electrons. The van der Waals surface area contributed by atoms with Crippen LogP contribution < -0.4 is 4.72 Å². The van der Waals surface area contributed by atoms with Crippen molar-refractivity contribution in [3.8, 4) is 0 Å². The van der Waals surface area contributed by atoms with Crippen molar-refractivity contribution >= 4 is 15.7 Å². The summed E-state index contributed by atoms with van der Waals surface area (Å²) < 4.78 is 27.6. The van der Waals surface area contributed by atoms with E-state index in [0.717, 1.165) is 24.0 Å². The predicted molar refractivity (Wildman–Crippen MR) is 96.3 cm³/mol. The summed E-state index contributed by atoms with van der Waals surface area (Å²) in [4.78, 5) is 0.325. The third-order valence-electron chi connectivity index (χ3n) is 3.83. The molecule has 0 aromatic heterocycles. The number of anilines is 1. The number of benzene rings is 2. The van der Waals surface area contributed by atoms with E-state index >= 15 is 0 Å². The van der Waals surface area contributed by atoms with E-state index in [1.807, 2.05) is 31.2 Å². The van der Waals surface area contributed by atoms with Crippen molar-refractivity contribution in [2.75, 3.05) is 4.72 Å². The number of nitrogens with one attached hydrogen (secondary N) is 1. The molecular formula is C19H25NO2S. The average Bonchev–Trinajstić information content (AvgIpc) is 2.54. The van der Waals surface area contributed by atoms with Gasteiger partial charge in [0.25, 0.3) is 10.0 Å². The maximum absolute atomic E-state index is 12.5. The first-order chi connectivity index (χ1) is 11.0. The van der Waals surface area contributed by atoms with Crippen molar-refractivity contribution in [3.63, 3.8) is 0 Å². The number of unbranched alkanes of at least 4 members (excludes halogenated alkanes) is 3. The Morgan fingerprint density at radius 1 is 0.957 bits per heavy atom. The van der Waals surface area contributed by atoms with Gasteiger partial charge in [0.1, 0.15) is 0 Å². The van der Waals surface area contributed by atoms with E-state index in [1.54, 1.807) is 24.3 Å². The van der Waals surface area contributed by atoms with Crippen molar-refractivity contribution in [1.82, 2.24) is 0 Å². The molecule has 2 aromatic rings. The third-order valence-corrected chi connectivity index (χ3v) is 5.21. The molecule has 0 unspecified atom stereocenters. The maximum Gasteiger partial charge on any atom is 0.261 e. The summed E-state index contributed by atoms with van der Waals surface area (Å²) in [5.41, 5.74) is 2.76. The Kier molecular flexibility index (Phi) is 6.22. The van der Waals surface area contributed by atoms with Gasteiger partial charge in [-0.1, -0.05) is 56.0 Å². The molecule has 3 nitrogen and oxygen atoms in total. The van der Waals surface area contributed by atoms with Gasteiger partial charge in [-0.05, 0) is 49.6 Å². The molecule has 1 N–H and O–H groups in total. The van der Waals surface area contributed by atoms with Crippen molar-refractivity contribution in [3.05, 3.63) is 59.7 Å². The molecular weight excluding hydrogens is 306 g/mol. The van der Waals surface area contributed by atoms with Crippen LogP contribution in [0.25, 0.3) is 0 Å². The van der Waals surface area contributed by atoms with E-state index in [9.17, 15) is 8.42 Å². The zero-order valence-corrected chi connectivity index (χ0v) is 14.7. The van der Waals surface area contributed by atoms with E-state index in [2.05, 4.69) is 11.6 Å². The fourth-order valence-electron chi connectivity index (χ4n) is 2.46. The molecule has 0 atom stereocenters. The molecule has 0 bridgehead atoms. The molecule has 0 aliphatic rings. The van der Waals surface area contributed by atoms with Crippen LogP contribution in [0.15, 0.2) is 53.4 Å². The summed E-state index contributed by atoms with van der Waals surface area (Å²) in [6.07, 6.45) is 5.65. The second-order valence-electron chi connectivity index (χ2n) is 5.93. The van der Waals surface area contributed by atoms with Crippen LogP contribution >= 0.6 is 0 Å². The van der Waals surface area contributed by atoms with E-state index in [-0.39, 0.29) is 0 Å². The van der Waals surface area contributed by atoms with Crippen LogP contribution in [0.1, 0.15) is 43.7 Å². The van der Waals surface area contributed by atoms with Gasteiger partial charge in [0.15, 0.2) is 0 Å². The Labute approximate surface area is 139 Å². The Morgan fingerprint density at radius 3 is 2.39 bits per heavy atom. The van der Waals surface area contributed by atoms with Gasteiger partial charge in [-0.3, -0.25) is 4.72 Å². The summed E-state index contributed by atoms with van der Waals surface area (Å²) in [5, 5.41) is 0. The number of sulfonamides is 1. The van der Waals surface area contributed by atoms with E-state index in [1.165, 1.54) is 19.3 Å². The molecule has 0 amide bonds. The molecule has 2 rings (SSSR count). The fourth-order valence-corrected chi connectivity index (χ4v) is 3.59. The highest BCUT2D eigenvalue weighted by atomic mass is 32.2. The highest BCUT2D eigenvalue weighted by molar-refractivity contribution is 7.92. The number of rotatable bonds is 8. The summed E-state index contributed by atoms with van der Waals surface area (Å²) in [6, 6.07) is 14.6. The highest BCUT2D eigenvalue weighted by Crippen LogP contribution is 2.18. The minimum Gasteiger partial charge on any atom is -0.280 e. The lowest BCUT2D eigenvalue weighted by molar-refractivity contribution is 0.601. The number of hydrogen-bond donors (Lipinski definition) is 1. The number of hydrogen-bond acceptors (Lipinski definition) is 2. The molecule has 0 spiro atoms. The van der Waals surface area contributed by atoms with Gasteiger partial charge in [0, 0.05) is 5.69 Å². The fraction of sp³-hybridized carbons (Fsp3) is 0.368. The minimum atomic E-state index is -3.53. The van der Waals surface area contributed by atoms with Gasteiger partial charge < -0.3 is 0 Å². The predicted octanol–water partition coefficient (Wildman–Crippen LogP) is 4.92. The Hall–Kier alpha value is -1.81. The van der Waals surface area contributed by atoms with Gasteiger partial charge in [-0.15, -0.1) is 0 Å². The quantitative estimate of drug-likeness (QED) is 0.698. The van der Waals surface area contributed by atoms with Crippen molar-refractivity contribution < 1.29 is 8.42 Å². The van der Waals surface area contributed by atoms with Crippen LogP contribution in [-0.4, -0.2) is 8.42 Å². The van der Waals surface area contributed by atoms with E-state index < -0.39 is 10.0 Å². The summed E-state index contributed by atoms with van der Waals surface area (Å²) in [5.74, 6) is 0. The van der Waals surface area contributed by atoms with Gasteiger partial charge in [-0.2, -0.15) is 0 Å². The minimum absolute atomic E-state index is 0.325. The normalized spacial score (nSPS) is 11.4. The summed E-state index contributed by atoms with van der Waals surface area (Å²) in [7, 11) is -3.53. The highest BCUT2D eigenvalue weighted by Gasteiger charge is 2.14. The molecule has 124 valence electrons. The molecule has 0 saturated heterocycles. The van der Waals surface area contributed by atoms with Gasteiger partial charge in [0.05, 0.1) is 4.90 Å². The van der Waals surface area contributed by atoms with Crippen molar-refractivity contribution in [2.45, 2.75) is 50.8 Å². The second-order valence-corrected chi connectivity index (χ2v) is 7.61. The average molecular weight is 331 g/mol. The first-order valence-corrected chi connectivity index (χ1v) is 9.68. The third kappa shape index (κ3) is 5.39. The molecule has 0 aliphatic carbocycles. The van der Waals surface area contributed by atoms with Crippen LogP contribution in [0.3, 0.4) is 0 Å². The van der Waals surface area contributed by atoms with E-state index in [0.29, 0.717) is 10.6 Å². The van der Waals surface area contributed by atoms with Gasteiger partial charge >= 0.3 is 0 Å². The lowest BCUT2D eigenvalue weighted by Gasteiger charge is -2.10. The van der Waals surface area contributed by atoms with Crippen LogP contribution in [0.4, 0.5) is 5.69 Å². The SMILES string of the molecule is CCCCCCc1cccc(S(=O)(=O)Nc2ccc(C)cc2)c1. The zero-order chi connectivity index (χ0) is 16.7. The Balaban J connectivity index is 2.08. The maximum atomic E-state index is 12.5. The van der Waals surface area contributed by atoms with Crippen molar-refractivity contribution in [2.24, 2.45) is 0 Å². The second kappa shape index (κ2) is 8.16. The van der Waals surface area contributed by atoms with Crippen LogP contribution in [-0.2, 0) is 16.4 Å². The molecule has 23 heavy (non-hydrogen) atoms. The molecule has 2 aromatic carbocycles. The van der Waals surface area contributed by atoms with Crippen molar-refractivity contribution in [1.29, 1.82) is 0 Å². The Morgan fingerprint density at radius 2 is 1.70 bits per heavy atom. The van der Waals surface area contributed by atoms with Crippen LogP contribution in [0, 0.1) is 6.92 Å². The first kappa shape index (κ1) is 17.5. The number of aryl methyl sites for hydroxylation is 2. The molecule has 0 heterocycles. The standard InChI is InChI=1S/C19H25NO2S/c1-3-4-5-6-8-17-9-7-10-19(15-17)23(21,22)20-18-13-11-16(2)12-14-18/h7,9-15,20H,3-6,8H2,1-2H3. The van der Waals surface area contributed by atoms with E-state index in [4.69, 9.17) is 0 Å². The first-order valence-electron chi connectivity index (χ1n) is 8.19. The molecule has 0 fully saturated rings. The van der Waals surface area contributed by atoms with Crippen LogP contribution in [0.2, 0.25) is 0 Å². The van der Waals surface area contributed by atoms with Gasteiger partial charge in [0.2, 0.25) is 0 Å². The largest absolute Gasteiger partial charge is 0.280 e. The summed E-state index contributed by atoms with van der Waals surface area (Å²) >= 11 is 0. The topological polar surface area (TPSA) is 46.2 Å². The molecule has 0 aliphatic heterocycles. The Bertz CT molecular complexity index is 721. The van der Waals surface area contributed by atoms with Gasteiger partial charge in [-0.25, -0.2) is 8.42 Å². The zero-order valence-electron chi connectivity index (χ0n) is 13.9.